The van der Waals surface area contributed by atoms with Crippen LogP contribution < -0.4 is 5.32 Å². The molecule has 0 bridgehead atoms. The fourth-order valence-electron chi connectivity index (χ4n) is 4.01. The van der Waals surface area contributed by atoms with Crippen LogP contribution in [-0.4, -0.2) is 12.1 Å². The average molecular weight is 293 g/mol. The molecular formula is C21H27N. The van der Waals surface area contributed by atoms with Gasteiger partial charge >= 0.3 is 0 Å². The highest BCUT2D eigenvalue weighted by Crippen LogP contribution is 2.44. The van der Waals surface area contributed by atoms with Gasteiger partial charge in [0.15, 0.2) is 0 Å². The van der Waals surface area contributed by atoms with E-state index in [1.165, 1.54) is 36.8 Å². The van der Waals surface area contributed by atoms with Crippen molar-refractivity contribution >= 4 is 0 Å². The van der Waals surface area contributed by atoms with Crippen LogP contribution in [0.3, 0.4) is 0 Å². The van der Waals surface area contributed by atoms with Gasteiger partial charge in [0.25, 0.3) is 0 Å². The quantitative estimate of drug-likeness (QED) is 0.844. The monoisotopic (exact) mass is 293 g/mol. The number of rotatable bonds is 4. The first-order valence-electron chi connectivity index (χ1n) is 8.58. The van der Waals surface area contributed by atoms with Gasteiger partial charge in [-0.1, -0.05) is 74.5 Å². The summed E-state index contributed by atoms with van der Waals surface area (Å²) in [6.07, 6.45) is 4.96. The molecule has 1 nitrogen and oxygen atoms in total. The van der Waals surface area contributed by atoms with E-state index in [2.05, 4.69) is 79.8 Å². The molecule has 0 radical (unpaired) electrons. The molecular weight excluding hydrogens is 266 g/mol. The fourth-order valence-corrected chi connectivity index (χ4v) is 4.01. The Morgan fingerprint density at radius 1 is 0.818 bits per heavy atom. The van der Waals surface area contributed by atoms with Gasteiger partial charge in [-0.3, -0.25) is 0 Å². The summed E-state index contributed by atoms with van der Waals surface area (Å²) in [6, 6.07) is 23.4. The molecule has 1 aliphatic carbocycles. The van der Waals surface area contributed by atoms with E-state index in [1.54, 1.807) is 0 Å². The molecule has 0 unspecified atom stereocenters. The molecule has 3 rings (SSSR count). The highest BCUT2D eigenvalue weighted by molar-refractivity contribution is 5.39. The summed E-state index contributed by atoms with van der Waals surface area (Å²) < 4.78 is 0. The maximum Gasteiger partial charge on any atom is 0.0204 e. The van der Waals surface area contributed by atoms with Gasteiger partial charge in [0.05, 0.1) is 0 Å². The summed E-state index contributed by atoms with van der Waals surface area (Å²) in [6.45, 7) is 4.49. The largest absolute Gasteiger partial charge is 0.312 e. The van der Waals surface area contributed by atoms with Crippen molar-refractivity contribution in [3.05, 3.63) is 71.8 Å². The molecule has 1 saturated carbocycles. The Labute approximate surface area is 134 Å². The van der Waals surface area contributed by atoms with E-state index >= 15 is 0 Å². The molecule has 0 amide bonds. The van der Waals surface area contributed by atoms with Crippen LogP contribution in [0, 0.1) is 0 Å². The van der Waals surface area contributed by atoms with Crippen LogP contribution >= 0.6 is 0 Å². The van der Waals surface area contributed by atoms with Gasteiger partial charge in [-0.2, -0.15) is 0 Å². The molecule has 1 heteroatoms. The molecule has 0 saturated heterocycles. The van der Waals surface area contributed by atoms with Gasteiger partial charge in [-0.25, -0.2) is 0 Å². The first-order valence-corrected chi connectivity index (χ1v) is 8.58. The maximum absolute atomic E-state index is 3.72. The van der Waals surface area contributed by atoms with E-state index < -0.39 is 0 Å². The maximum atomic E-state index is 3.72. The van der Waals surface area contributed by atoms with E-state index in [9.17, 15) is 0 Å². The van der Waals surface area contributed by atoms with Crippen LogP contribution in [0.5, 0.6) is 0 Å². The molecule has 1 N–H and O–H groups in total. The van der Waals surface area contributed by atoms with E-state index in [0.717, 1.165) is 0 Å². The Kier molecular flexibility index (Phi) is 4.63. The van der Waals surface area contributed by atoms with Crippen LogP contribution in [0.4, 0.5) is 0 Å². The first-order chi connectivity index (χ1) is 10.7. The third kappa shape index (κ3) is 3.10. The van der Waals surface area contributed by atoms with Crippen LogP contribution in [0.1, 0.15) is 50.7 Å². The molecule has 0 heterocycles. The molecule has 1 aliphatic rings. The number of benzene rings is 2. The van der Waals surface area contributed by atoms with Crippen LogP contribution in [0.2, 0.25) is 0 Å². The normalized spacial score (nSPS) is 18.5. The van der Waals surface area contributed by atoms with Crippen molar-refractivity contribution in [1.29, 1.82) is 0 Å². The second kappa shape index (κ2) is 6.66. The van der Waals surface area contributed by atoms with E-state index in [4.69, 9.17) is 0 Å². The standard InChI is InChI=1S/C21H27N/c1-17(2)22-20-13-15-21(16-14-20,18-9-5-3-6-10-18)19-11-7-4-8-12-19/h3-12,17,20,22H,13-16H2,1-2H3. The van der Waals surface area contributed by atoms with Gasteiger partial charge in [0.1, 0.15) is 0 Å². The molecule has 0 aromatic heterocycles. The lowest BCUT2D eigenvalue weighted by atomic mass is 9.64. The second-order valence-electron chi connectivity index (χ2n) is 6.91. The SMILES string of the molecule is CC(C)NC1CCC(c2ccccc2)(c2ccccc2)CC1. The average Bonchev–Trinajstić information content (AvgIpc) is 2.57. The molecule has 0 spiro atoms. The third-order valence-electron chi connectivity index (χ3n) is 5.06. The number of nitrogens with one attached hydrogen (secondary N) is 1. The highest BCUT2D eigenvalue weighted by atomic mass is 14.9. The summed E-state index contributed by atoms with van der Waals surface area (Å²) in [4.78, 5) is 0. The second-order valence-corrected chi connectivity index (χ2v) is 6.91. The van der Waals surface area contributed by atoms with Crippen molar-refractivity contribution in [2.24, 2.45) is 0 Å². The van der Waals surface area contributed by atoms with Gasteiger partial charge in [0, 0.05) is 17.5 Å². The molecule has 22 heavy (non-hydrogen) atoms. The Morgan fingerprint density at radius 2 is 1.27 bits per heavy atom. The molecule has 2 aromatic rings. The zero-order valence-electron chi connectivity index (χ0n) is 13.8. The molecule has 0 atom stereocenters. The molecule has 0 aliphatic heterocycles. The van der Waals surface area contributed by atoms with Crippen LogP contribution in [-0.2, 0) is 5.41 Å². The Morgan fingerprint density at radius 3 is 1.68 bits per heavy atom. The number of hydrogen-bond acceptors (Lipinski definition) is 1. The van der Waals surface area contributed by atoms with Crippen molar-refractivity contribution in [2.45, 2.75) is 57.0 Å². The minimum atomic E-state index is 0.192. The summed E-state index contributed by atoms with van der Waals surface area (Å²) in [5, 5.41) is 3.72. The Bertz CT molecular complexity index is 524. The number of hydrogen-bond donors (Lipinski definition) is 1. The minimum Gasteiger partial charge on any atom is -0.312 e. The molecule has 2 aromatic carbocycles. The molecule has 116 valence electrons. The van der Waals surface area contributed by atoms with Crippen LogP contribution in [0.25, 0.3) is 0 Å². The summed E-state index contributed by atoms with van der Waals surface area (Å²) in [5.74, 6) is 0. The third-order valence-corrected chi connectivity index (χ3v) is 5.06. The topological polar surface area (TPSA) is 12.0 Å². The fraction of sp³-hybridized carbons (Fsp3) is 0.429. The van der Waals surface area contributed by atoms with Crippen molar-refractivity contribution in [1.82, 2.24) is 5.32 Å². The summed E-state index contributed by atoms with van der Waals surface area (Å²) in [5.41, 5.74) is 3.14. The summed E-state index contributed by atoms with van der Waals surface area (Å²) in [7, 11) is 0. The van der Waals surface area contributed by atoms with Crippen molar-refractivity contribution < 1.29 is 0 Å². The van der Waals surface area contributed by atoms with E-state index in [-0.39, 0.29) is 5.41 Å². The van der Waals surface area contributed by atoms with Crippen molar-refractivity contribution in [2.75, 3.05) is 0 Å². The highest BCUT2D eigenvalue weighted by Gasteiger charge is 2.38. The predicted molar refractivity (Wildman–Crippen MR) is 94.2 cm³/mol. The zero-order chi connectivity index (χ0) is 15.4. The predicted octanol–water partition coefficient (Wildman–Crippen LogP) is 4.91. The van der Waals surface area contributed by atoms with Gasteiger partial charge in [0.2, 0.25) is 0 Å². The smallest absolute Gasteiger partial charge is 0.0204 e. The Balaban J connectivity index is 1.90. The van der Waals surface area contributed by atoms with Crippen molar-refractivity contribution in [3.63, 3.8) is 0 Å². The lowest BCUT2D eigenvalue weighted by molar-refractivity contribution is 0.272. The zero-order valence-corrected chi connectivity index (χ0v) is 13.8. The molecule has 1 fully saturated rings. The lowest BCUT2D eigenvalue weighted by Crippen LogP contribution is -2.42. The lowest BCUT2D eigenvalue weighted by Gasteiger charge is -2.42. The van der Waals surface area contributed by atoms with Gasteiger partial charge in [-0.15, -0.1) is 0 Å². The Hall–Kier alpha value is -1.60. The summed E-state index contributed by atoms with van der Waals surface area (Å²) >= 11 is 0. The van der Waals surface area contributed by atoms with Gasteiger partial charge in [-0.05, 0) is 36.8 Å². The van der Waals surface area contributed by atoms with E-state index in [0.29, 0.717) is 12.1 Å². The first kappa shape index (κ1) is 15.3. The minimum absolute atomic E-state index is 0.192. The van der Waals surface area contributed by atoms with Crippen molar-refractivity contribution in [3.8, 4) is 0 Å². The van der Waals surface area contributed by atoms with E-state index in [1.807, 2.05) is 0 Å². The van der Waals surface area contributed by atoms with Gasteiger partial charge < -0.3 is 5.32 Å². The van der Waals surface area contributed by atoms with Crippen LogP contribution in [0.15, 0.2) is 60.7 Å².